The molecule has 1 rings (SSSR count). The fourth-order valence-electron chi connectivity index (χ4n) is 1.03. The first-order valence-electron chi connectivity index (χ1n) is 3.72. The van der Waals surface area contributed by atoms with E-state index in [1.54, 1.807) is 0 Å². The van der Waals surface area contributed by atoms with Gasteiger partial charge in [-0.05, 0) is 6.07 Å². The molecule has 0 fully saturated rings. The number of hydrogen-bond donors (Lipinski definition) is 0. The Morgan fingerprint density at radius 3 is 2.38 bits per heavy atom. The number of aromatic nitrogens is 1. The van der Waals surface area contributed by atoms with Crippen molar-refractivity contribution in [3.05, 3.63) is 17.8 Å². The second kappa shape index (κ2) is 4.10. The lowest BCUT2D eigenvalue weighted by molar-refractivity contribution is -0.140. The second-order valence-electron chi connectivity index (χ2n) is 2.63. The van der Waals surface area contributed by atoms with Crippen LogP contribution in [0.5, 0.6) is 5.88 Å². The topological polar surface area (TPSA) is 56.3 Å². The van der Waals surface area contributed by atoms with Gasteiger partial charge in [0.15, 0.2) is 4.90 Å². The molecule has 9 heteroatoms. The molecule has 0 bridgehead atoms. The van der Waals surface area contributed by atoms with Crippen LogP contribution >= 0.6 is 10.7 Å². The maximum atomic E-state index is 12.5. The van der Waals surface area contributed by atoms with Gasteiger partial charge < -0.3 is 4.74 Å². The fourth-order valence-corrected chi connectivity index (χ4v) is 2.27. The number of nitrogens with zero attached hydrogens (tertiary/aromatic N) is 1. The van der Waals surface area contributed by atoms with Crippen LogP contribution in [-0.4, -0.2) is 20.5 Å². The standard InChI is InChI=1S/C7H5ClF3NO3S/c1-15-6-5(16(8,13)14)4(2-3-12-6)7(9,10)11/h2-3H,1H3. The molecule has 0 aliphatic carbocycles. The third-order valence-electron chi connectivity index (χ3n) is 1.61. The van der Waals surface area contributed by atoms with Crippen molar-refractivity contribution in [1.82, 2.24) is 4.98 Å². The predicted octanol–water partition coefficient (Wildman–Crippen LogP) is 2.04. The van der Waals surface area contributed by atoms with Gasteiger partial charge in [-0.25, -0.2) is 13.4 Å². The van der Waals surface area contributed by atoms with E-state index in [2.05, 4.69) is 9.72 Å². The fraction of sp³-hybridized carbons (Fsp3) is 0.286. The van der Waals surface area contributed by atoms with E-state index in [0.29, 0.717) is 6.07 Å². The first kappa shape index (κ1) is 13.0. The maximum Gasteiger partial charge on any atom is 0.417 e. The van der Waals surface area contributed by atoms with Crippen molar-refractivity contribution < 1.29 is 26.3 Å². The maximum absolute atomic E-state index is 12.5. The molecule has 90 valence electrons. The monoisotopic (exact) mass is 275 g/mol. The van der Waals surface area contributed by atoms with E-state index in [1.807, 2.05) is 0 Å². The van der Waals surface area contributed by atoms with Crippen LogP contribution in [-0.2, 0) is 15.2 Å². The Labute approximate surface area is 93.4 Å². The molecule has 0 unspecified atom stereocenters. The number of rotatable bonds is 2. The number of ether oxygens (including phenoxy) is 1. The molecule has 0 aromatic carbocycles. The van der Waals surface area contributed by atoms with E-state index >= 15 is 0 Å². The van der Waals surface area contributed by atoms with Gasteiger partial charge >= 0.3 is 6.18 Å². The van der Waals surface area contributed by atoms with E-state index in [-0.39, 0.29) is 0 Å². The Morgan fingerprint density at radius 1 is 1.44 bits per heavy atom. The quantitative estimate of drug-likeness (QED) is 0.775. The predicted molar refractivity (Wildman–Crippen MR) is 48.8 cm³/mol. The van der Waals surface area contributed by atoms with Gasteiger partial charge in [0.2, 0.25) is 5.88 Å². The van der Waals surface area contributed by atoms with Gasteiger partial charge in [-0.15, -0.1) is 0 Å². The highest BCUT2D eigenvalue weighted by Gasteiger charge is 2.39. The molecular formula is C7H5ClF3NO3S. The summed E-state index contributed by atoms with van der Waals surface area (Å²) < 4.78 is 63.9. The average molecular weight is 276 g/mol. The molecule has 0 amide bonds. The van der Waals surface area contributed by atoms with E-state index in [0.717, 1.165) is 13.3 Å². The lowest BCUT2D eigenvalue weighted by atomic mass is 10.2. The Hall–Kier alpha value is -1.02. The zero-order valence-corrected chi connectivity index (χ0v) is 9.32. The molecule has 0 aliphatic rings. The summed E-state index contributed by atoms with van der Waals surface area (Å²) in [5.41, 5.74) is -1.41. The van der Waals surface area contributed by atoms with Crippen LogP contribution in [0.1, 0.15) is 5.56 Å². The van der Waals surface area contributed by atoms with Crippen molar-refractivity contribution in [2.75, 3.05) is 7.11 Å². The minimum atomic E-state index is -4.85. The van der Waals surface area contributed by atoms with E-state index in [1.165, 1.54) is 0 Å². The second-order valence-corrected chi connectivity index (χ2v) is 5.14. The number of methoxy groups -OCH3 is 1. The summed E-state index contributed by atoms with van der Waals surface area (Å²) in [5.74, 6) is -0.690. The summed E-state index contributed by atoms with van der Waals surface area (Å²) in [6.07, 6.45) is -4.07. The third-order valence-corrected chi connectivity index (χ3v) is 2.96. The normalized spacial score (nSPS) is 12.6. The van der Waals surface area contributed by atoms with Gasteiger partial charge in [0.1, 0.15) is 0 Å². The molecule has 1 aromatic heterocycles. The van der Waals surface area contributed by atoms with Crippen LogP contribution in [0, 0.1) is 0 Å². The van der Waals surface area contributed by atoms with E-state index in [4.69, 9.17) is 10.7 Å². The van der Waals surface area contributed by atoms with Gasteiger partial charge in [0, 0.05) is 16.9 Å². The number of hydrogen-bond acceptors (Lipinski definition) is 4. The zero-order chi connectivity index (χ0) is 12.6. The highest BCUT2D eigenvalue weighted by atomic mass is 35.7. The lowest BCUT2D eigenvalue weighted by Crippen LogP contribution is -2.12. The van der Waals surface area contributed by atoms with Crippen LogP contribution in [0.25, 0.3) is 0 Å². The SMILES string of the molecule is COc1nccc(C(F)(F)F)c1S(=O)(=O)Cl. The van der Waals surface area contributed by atoms with E-state index in [9.17, 15) is 21.6 Å². The van der Waals surface area contributed by atoms with Crippen LogP contribution < -0.4 is 4.74 Å². The van der Waals surface area contributed by atoms with Crippen molar-refractivity contribution in [2.24, 2.45) is 0 Å². The van der Waals surface area contributed by atoms with Crippen LogP contribution in [0.15, 0.2) is 17.2 Å². The summed E-state index contributed by atoms with van der Waals surface area (Å²) in [7, 11) is 1.31. The average Bonchev–Trinajstić information content (AvgIpc) is 2.13. The minimum Gasteiger partial charge on any atom is -0.480 e. The minimum absolute atomic E-state index is 0.512. The van der Waals surface area contributed by atoms with Gasteiger partial charge in [-0.3, -0.25) is 0 Å². The highest BCUT2D eigenvalue weighted by molar-refractivity contribution is 8.13. The molecule has 0 radical (unpaired) electrons. The Balaban J connectivity index is 3.65. The molecule has 4 nitrogen and oxygen atoms in total. The van der Waals surface area contributed by atoms with Gasteiger partial charge in [-0.1, -0.05) is 0 Å². The summed E-state index contributed by atoms with van der Waals surface area (Å²) in [4.78, 5) is 2.18. The molecule has 0 N–H and O–H groups in total. The molecule has 16 heavy (non-hydrogen) atoms. The van der Waals surface area contributed by atoms with E-state index < -0.39 is 31.6 Å². The largest absolute Gasteiger partial charge is 0.480 e. The molecular weight excluding hydrogens is 271 g/mol. The summed E-state index contributed by atoms with van der Waals surface area (Å²) in [6.45, 7) is 0. The summed E-state index contributed by atoms with van der Waals surface area (Å²) in [5, 5.41) is 0. The number of alkyl halides is 3. The van der Waals surface area contributed by atoms with Crippen molar-refractivity contribution in [3.63, 3.8) is 0 Å². The number of halogens is 4. The van der Waals surface area contributed by atoms with Crippen LogP contribution in [0.4, 0.5) is 13.2 Å². The zero-order valence-electron chi connectivity index (χ0n) is 7.75. The Kier molecular flexibility index (Phi) is 3.34. The molecule has 0 saturated carbocycles. The van der Waals surface area contributed by atoms with Crippen LogP contribution in [0.2, 0.25) is 0 Å². The third kappa shape index (κ3) is 2.56. The van der Waals surface area contributed by atoms with Gasteiger partial charge in [0.05, 0.1) is 12.7 Å². The molecule has 0 aliphatic heterocycles. The van der Waals surface area contributed by atoms with Crippen LogP contribution in [0.3, 0.4) is 0 Å². The van der Waals surface area contributed by atoms with Crippen molar-refractivity contribution in [3.8, 4) is 5.88 Å². The molecule has 0 saturated heterocycles. The first-order chi connectivity index (χ1) is 7.18. The molecule has 0 atom stereocenters. The summed E-state index contributed by atoms with van der Waals surface area (Å²) >= 11 is 0. The first-order valence-corrected chi connectivity index (χ1v) is 6.03. The van der Waals surface area contributed by atoms with Gasteiger partial charge in [0.25, 0.3) is 9.05 Å². The van der Waals surface area contributed by atoms with Crippen molar-refractivity contribution >= 4 is 19.7 Å². The van der Waals surface area contributed by atoms with Crippen molar-refractivity contribution in [1.29, 1.82) is 0 Å². The van der Waals surface area contributed by atoms with Crippen molar-refractivity contribution in [2.45, 2.75) is 11.1 Å². The highest BCUT2D eigenvalue weighted by Crippen LogP contribution is 2.38. The smallest absolute Gasteiger partial charge is 0.417 e. The Bertz CT molecular complexity index is 500. The molecule has 1 heterocycles. The number of pyridine rings is 1. The summed E-state index contributed by atoms with van der Waals surface area (Å²) in [6, 6.07) is 0.512. The Morgan fingerprint density at radius 2 is 2.00 bits per heavy atom. The van der Waals surface area contributed by atoms with Gasteiger partial charge in [-0.2, -0.15) is 13.2 Å². The molecule has 0 spiro atoms. The lowest BCUT2D eigenvalue weighted by Gasteiger charge is -2.12. The molecule has 1 aromatic rings.